The molecular weight excluding hydrogens is 378 g/mol. The summed E-state index contributed by atoms with van der Waals surface area (Å²) in [7, 11) is -3.80. The number of ketones is 1. The normalized spacial score (nSPS) is 14.5. The molecule has 2 aromatic carbocycles. The molecule has 0 aromatic heterocycles. The summed E-state index contributed by atoms with van der Waals surface area (Å²) in [5, 5.41) is 0. The number of rotatable bonds is 2. The van der Waals surface area contributed by atoms with Crippen LogP contribution in [0.2, 0.25) is 0 Å². The molecule has 0 radical (unpaired) electrons. The van der Waals surface area contributed by atoms with Crippen molar-refractivity contribution in [1.29, 1.82) is 0 Å². The second kappa shape index (κ2) is 5.94. The summed E-state index contributed by atoms with van der Waals surface area (Å²) < 4.78 is 27.9. The van der Waals surface area contributed by atoms with E-state index in [1.54, 1.807) is 48.5 Å². The van der Waals surface area contributed by atoms with Crippen LogP contribution in [0, 0.1) is 6.92 Å². The zero-order valence-electron chi connectivity index (χ0n) is 12.4. The Morgan fingerprint density at radius 1 is 1.04 bits per heavy atom. The number of fused-ring (bicyclic) bond motifs is 1. The highest BCUT2D eigenvalue weighted by Crippen LogP contribution is 2.32. The van der Waals surface area contributed by atoms with Crippen LogP contribution >= 0.6 is 15.9 Å². The molecule has 0 fully saturated rings. The average molecular weight is 392 g/mol. The van der Waals surface area contributed by atoms with Crippen molar-refractivity contribution in [1.82, 2.24) is 0 Å². The Labute approximate surface area is 143 Å². The number of anilines is 1. The van der Waals surface area contributed by atoms with Gasteiger partial charge in [-0.3, -0.25) is 9.10 Å². The molecule has 1 aliphatic heterocycles. The Morgan fingerprint density at radius 2 is 1.74 bits per heavy atom. The minimum absolute atomic E-state index is 0.173. The zero-order chi connectivity index (χ0) is 16.6. The van der Waals surface area contributed by atoms with E-state index in [1.165, 1.54) is 10.4 Å². The van der Waals surface area contributed by atoms with E-state index in [0.29, 0.717) is 11.3 Å². The van der Waals surface area contributed by atoms with Crippen LogP contribution in [0.4, 0.5) is 5.69 Å². The van der Waals surface area contributed by atoms with Crippen molar-refractivity contribution in [2.75, 3.05) is 10.8 Å². The molecule has 1 heterocycles. The average Bonchev–Trinajstić information content (AvgIpc) is 2.67. The smallest absolute Gasteiger partial charge is 0.264 e. The van der Waals surface area contributed by atoms with Gasteiger partial charge >= 0.3 is 0 Å². The van der Waals surface area contributed by atoms with Crippen molar-refractivity contribution < 1.29 is 13.2 Å². The Kier molecular flexibility index (Phi) is 4.12. The molecule has 0 N–H and O–H groups in total. The number of carbonyl (C=O) groups is 1. The molecule has 0 saturated carbocycles. The maximum Gasteiger partial charge on any atom is 0.264 e. The molecular formula is C17H14BrNO3S. The van der Waals surface area contributed by atoms with Gasteiger partial charge < -0.3 is 0 Å². The quantitative estimate of drug-likeness (QED) is 0.786. The van der Waals surface area contributed by atoms with Gasteiger partial charge in [0, 0.05) is 10.0 Å². The highest BCUT2D eigenvalue weighted by Gasteiger charge is 2.29. The van der Waals surface area contributed by atoms with E-state index in [4.69, 9.17) is 0 Å². The Balaban J connectivity index is 2.15. The van der Waals surface area contributed by atoms with Crippen LogP contribution in [0.1, 0.15) is 11.1 Å². The number of nitrogens with zero attached hydrogens (tertiary/aromatic N) is 1. The predicted octanol–water partition coefficient (Wildman–Crippen LogP) is 3.55. The first-order valence-electron chi connectivity index (χ1n) is 6.98. The van der Waals surface area contributed by atoms with E-state index in [2.05, 4.69) is 15.9 Å². The SMILES string of the molecule is Cc1ccc(S(=O)(=O)N2CC(=O)C=Cc3cc(Br)ccc32)cc1. The van der Waals surface area contributed by atoms with Crippen molar-refractivity contribution in [3.8, 4) is 0 Å². The van der Waals surface area contributed by atoms with E-state index in [-0.39, 0.29) is 17.2 Å². The first-order chi connectivity index (χ1) is 10.9. The fraction of sp³-hybridized carbons (Fsp3) is 0.118. The minimum atomic E-state index is -3.80. The number of sulfonamides is 1. The molecule has 0 atom stereocenters. The third-order valence-corrected chi connectivity index (χ3v) is 5.88. The summed E-state index contributed by atoms with van der Waals surface area (Å²) in [6, 6.07) is 11.9. The van der Waals surface area contributed by atoms with Gasteiger partial charge in [0.1, 0.15) is 0 Å². The number of carbonyl (C=O) groups excluding carboxylic acids is 1. The van der Waals surface area contributed by atoms with Gasteiger partial charge in [-0.2, -0.15) is 0 Å². The van der Waals surface area contributed by atoms with Crippen LogP contribution in [-0.4, -0.2) is 20.7 Å². The number of hydrogen-bond donors (Lipinski definition) is 0. The minimum Gasteiger partial charge on any atom is -0.293 e. The Bertz CT molecular complexity index is 902. The molecule has 1 aliphatic rings. The number of benzene rings is 2. The Morgan fingerprint density at radius 3 is 2.43 bits per heavy atom. The second-order valence-corrected chi connectivity index (χ2v) is 8.11. The Hall–Kier alpha value is -1.92. The fourth-order valence-corrected chi connectivity index (χ4v) is 4.24. The number of hydrogen-bond acceptors (Lipinski definition) is 3. The lowest BCUT2D eigenvalue weighted by Crippen LogP contribution is -2.35. The van der Waals surface area contributed by atoms with Gasteiger partial charge in [-0.1, -0.05) is 33.6 Å². The molecule has 0 spiro atoms. The van der Waals surface area contributed by atoms with Crippen LogP contribution in [-0.2, 0) is 14.8 Å². The maximum atomic E-state index is 13.0. The van der Waals surface area contributed by atoms with Gasteiger partial charge in [-0.05, 0) is 49.4 Å². The summed E-state index contributed by atoms with van der Waals surface area (Å²) in [4.78, 5) is 12.1. The van der Waals surface area contributed by atoms with Crippen LogP contribution in [0.15, 0.2) is 57.9 Å². The van der Waals surface area contributed by atoms with Crippen molar-refractivity contribution >= 4 is 43.5 Å². The van der Waals surface area contributed by atoms with Gasteiger partial charge in [-0.15, -0.1) is 0 Å². The highest BCUT2D eigenvalue weighted by atomic mass is 79.9. The topological polar surface area (TPSA) is 54.5 Å². The van der Waals surface area contributed by atoms with Gasteiger partial charge in [0.15, 0.2) is 5.78 Å². The summed E-state index contributed by atoms with van der Waals surface area (Å²) >= 11 is 3.37. The lowest BCUT2D eigenvalue weighted by Gasteiger charge is -2.24. The first kappa shape index (κ1) is 16.0. The maximum absolute atomic E-state index is 13.0. The van der Waals surface area contributed by atoms with E-state index < -0.39 is 10.0 Å². The van der Waals surface area contributed by atoms with Gasteiger partial charge in [0.2, 0.25) is 0 Å². The summed E-state index contributed by atoms with van der Waals surface area (Å²) in [6.45, 7) is 1.68. The lowest BCUT2D eigenvalue weighted by atomic mass is 10.2. The van der Waals surface area contributed by atoms with E-state index >= 15 is 0 Å². The van der Waals surface area contributed by atoms with Crippen molar-refractivity contribution in [2.24, 2.45) is 0 Å². The number of halogens is 1. The predicted molar refractivity (Wildman–Crippen MR) is 93.9 cm³/mol. The van der Waals surface area contributed by atoms with Crippen LogP contribution < -0.4 is 4.31 Å². The third kappa shape index (κ3) is 3.09. The lowest BCUT2D eigenvalue weighted by molar-refractivity contribution is -0.113. The van der Waals surface area contributed by atoms with E-state index in [9.17, 15) is 13.2 Å². The van der Waals surface area contributed by atoms with Crippen LogP contribution in [0.5, 0.6) is 0 Å². The molecule has 0 bridgehead atoms. The van der Waals surface area contributed by atoms with Crippen LogP contribution in [0.25, 0.3) is 6.08 Å². The molecule has 0 aliphatic carbocycles. The standard InChI is InChI=1S/C17H14BrNO3S/c1-12-2-7-16(8-3-12)23(21,22)19-11-15(20)6-4-13-10-14(18)5-9-17(13)19/h2-10H,11H2,1H3. The molecule has 118 valence electrons. The van der Waals surface area contributed by atoms with Crippen molar-refractivity contribution in [3.05, 3.63) is 64.1 Å². The van der Waals surface area contributed by atoms with Gasteiger partial charge in [0.05, 0.1) is 17.1 Å². The van der Waals surface area contributed by atoms with E-state index in [0.717, 1.165) is 10.0 Å². The second-order valence-electron chi connectivity index (χ2n) is 5.33. The van der Waals surface area contributed by atoms with Gasteiger partial charge in [0.25, 0.3) is 10.0 Å². The van der Waals surface area contributed by atoms with E-state index in [1.807, 2.05) is 6.92 Å². The third-order valence-electron chi connectivity index (χ3n) is 3.62. The molecule has 4 nitrogen and oxygen atoms in total. The molecule has 3 rings (SSSR count). The molecule has 6 heteroatoms. The molecule has 23 heavy (non-hydrogen) atoms. The zero-order valence-corrected chi connectivity index (χ0v) is 14.8. The molecule has 2 aromatic rings. The summed E-state index contributed by atoms with van der Waals surface area (Å²) in [5.74, 6) is -0.256. The summed E-state index contributed by atoms with van der Waals surface area (Å²) in [6.07, 6.45) is 3.06. The fourth-order valence-electron chi connectivity index (χ4n) is 2.40. The monoisotopic (exact) mass is 391 g/mol. The highest BCUT2D eigenvalue weighted by molar-refractivity contribution is 9.10. The first-order valence-corrected chi connectivity index (χ1v) is 9.21. The van der Waals surface area contributed by atoms with Crippen molar-refractivity contribution in [3.63, 3.8) is 0 Å². The largest absolute Gasteiger partial charge is 0.293 e. The van der Waals surface area contributed by atoms with Crippen molar-refractivity contribution in [2.45, 2.75) is 11.8 Å². The molecule has 0 amide bonds. The molecule has 0 saturated heterocycles. The molecule has 0 unspecified atom stereocenters. The number of aryl methyl sites for hydroxylation is 1. The van der Waals surface area contributed by atoms with Crippen LogP contribution in [0.3, 0.4) is 0 Å². The summed E-state index contributed by atoms with van der Waals surface area (Å²) in [5.41, 5.74) is 2.15. The van der Waals surface area contributed by atoms with Gasteiger partial charge in [-0.25, -0.2) is 8.42 Å².